The minimum absolute atomic E-state index is 0.0702. The molecule has 164 valence electrons. The average molecular weight is 468 g/mol. The zero-order valence-corrected chi connectivity index (χ0v) is 19.4. The van der Waals surface area contributed by atoms with Crippen LogP contribution < -0.4 is 9.64 Å². The van der Waals surface area contributed by atoms with Crippen molar-refractivity contribution >= 4 is 40.8 Å². The lowest BCUT2D eigenvalue weighted by Crippen LogP contribution is -2.27. The van der Waals surface area contributed by atoms with Crippen molar-refractivity contribution in [2.45, 2.75) is 25.7 Å². The number of amides is 1. The molecule has 3 aromatic rings. The van der Waals surface area contributed by atoms with E-state index in [4.69, 9.17) is 27.9 Å². The minimum Gasteiger partial charge on any atom is -0.426 e. The summed E-state index contributed by atoms with van der Waals surface area (Å²) in [7, 11) is 0. The second-order valence-corrected chi connectivity index (χ2v) is 9.20. The van der Waals surface area contributed by atoms with Gasteiger partial charge in [-0.15, -0.1) is 0 Å². The second-order valence-electron chi connectivity index (χ2n) is 8.41. The maximum Gasteiger partial charge on any atom is 0.316 e. The van der Waals surface area contributed by atoms with Gasteiger partial charge in [0.2, 0.25) is 5.91 Å². The van der Waals surface area contributed by atoms with Gasteiger partial charge in [-0.3, -0.25) is 9.59 Å². The topological polar surface area (TPSA) is 46.6 Å². The lowest BCUT2D eigenvalue weighted by atomic mass is 9.78. The first-order valence-electron chi connectivity index (χ1n) is 10.4. The number of esters is 1. The van der Waals surface area contributed by atoms with Crippen LogP contribution in [0.15, 0.2) is 72.8 Å². The van der Waals surface area contributed by atoms with Crippen LogP contribution in [0.1, 0.15) is 31.4 Å². The summed E-state index contributed by atoms with van der Waals surface area (Å²) in [5, 5.41) is 0.662. The van der Waals surface area contributed by atoms with E-state index >= 15 is 0 Å². The second kappa shape index (κ2) is 8.97. The zero-order chi connectivity index (χ0) is 22.9. The van der Waals surface area contributed by atoms with Crippen molar-refractivity contribution in [2.75, 3.05) is 11.4 Å². The zero-order valence-electron chi connectivity index (χ0n) is 17.8. The third-order valence-electron chi connectivity index (χ3n) is 5.97. The van der Waals surface area contributed by atoms with Crippen LogP contribution in [0.2, 0.25) is 10.0 Å². The Morgan fingerprint density at radius 2 is 1.59 bits per heavy atom. The minimum atomic E-state index is -0.571. The summed E-state index contributed by atoms with van der Waals surface area (Å²) in [5.41, 5.74) is 2.64. The van der Waals surface area contributed by atoms with Gasteiger partial charge in [0.25, 0.3) is 0 Å². The lowest BCUT2D eigenvalue weighted by molar-refractivity contribution is -0.139. The Hall–Kier alpha value is -2.82. The average Bonchev–Trinajstić information content (AvgIpc) is 3.18. The molecule has 3 aromatic carbocycles. The van der Waals surface area contributed by atoms with Gasteiger partial charge in [0.15, 0.2) is 0 Å². The van der Waals surface area contributed by atoms with E-state index in [0.29, 0.717) is 21.5 Å². The number of anilines is 1. The van der Waals surface area contributed by atoms with Gasteiger partial charge < -0.3 is 9.64 Å². The first kappa shape index (κ1) is 22.4. The van der Waals surface area contributed by atoms with Crippen LogP contribution in [0, 0.1) is 5.92 Å². The highest BCUT2D eigenvalue weighted by atomic mass is 35.5. The number of carbonyl (C=O) groups is 2. The van der Waals surface area contributed by atoms with E-state index in [1.807, 2.05) is 30.3 Å². The molecule has 0 spiro atoms. The fourth-order valence-electron chi connectivity index (χ4n) is 3.96. The third-order valence-corrected chi connectivity index (χ3v) is 6.78. The molecule has 1 amide bonds. The van der Waals surface area contributed by atoms with Crippen LogP contribution >= 0.6 is 23.2 Å². The van der Waals surface area contributed by atoms with Crippen molar-refractivity contribution in [2.24, 2.45) is 5.92 Å². The van der Waals surface area contributed by atoms with Crippen molar-refractivity contribution < 1.29 is 14.3 Å². The summed E-state index contributed by atoms with van der Waals surface area (Å²) in [5.74, 6) is -0.738. The summed E-state index contributed by atoms with van der Waals surface area (Å²) in [6, 6.07) is 22.9. The molecule has 1 heterocycles. The Bertz CT molecular complexity index is 1140. The first-order valence-corrected chi connectivity index (χ1v) is 11.1. The molecule has 1 fully saturated rings. The van der Waals surface area contributed by atoms with Crippen LogP contribution in [-0.4, -0.2) is 18.4 Å². The number of carbonyl (C=O) groups excluding carboxylic acids is 2. The van der Waals surface area contributed by atoms with Crippen molar-refractivity contribution in [3.8, 4) is 5.75 Å². The Kier molecular flexibility index (Phi) is 6.27. The molecule has 0 saturated carbocycles. The van der Waals surface area contributed by atoms with E-state index in [2.05, 4.69) is 26.0 Å². The van der Waals surface area contributed by atoms with Crippen molar-refractivity contribution in [3.05, 3.63) is 94.0 Å². The van der Waals surface area contributed by atoms with Gasteiger partial charge >= 0.3 is 5.97 Å². The van der Waals surface area contributed by atoms with E-state index in [0.717, 1.165) is 5.56 Å². The standard InChI is InChI=1S/C26H23Cl2NO3/c1-26(2,18-7-4-3-5-8-18)19-11-13-20(14-12-19)32-25(31)17-15-23(30)29(16-17)22-10-6-9-21(27)24(22)28/h3-14,17H,15-16H2,1-2H3/t17-/m1/s1. The van der Waals surface area contributed by atoms with E-state index in [1.54, 1.807) is 30.3 Å². The predicted octanol–water partition coefficient (Wildman–Crippen LogP) is 6.28. The number of hydrogen-bond donors (Lipinski definition) is 0. The van der Waals surface area contributed by atoms with E-state index in [-0.39, 0.29) is 24.3 Å². The van der Waals surface area contributed by atoms with Gasteiger partial charge in [-0.05, 0) is 35.4 Å². The fourth-order valence-corrected chi connectivity index (χ4v) is 4.36. The Morgan fingerprint density at radius 1 is 0.938 bits per heavy atom. The van der Waals surface area contributed by atoms with Crippen LogP contribution in [-0.2, 0) is 15.0 Å². The molecule has 1 saturated heterocycles. The molecule has 1 aliphatic heterocycles. The highest BCUT2D eigenvalue weighted by Crippen LogP contribution is 2.36. The maximum absolute atomic E-state index is 12.7. The van der Waals surface area contributed by atoms with Gasteiger partial charge in [-0.1, -0.05) is 85.6 Å². The molecule has 32 heavy (non-hydrogen) atoms. The SMILES string of the molecule is CC(C)(c1ccccc1)c1ccc(OC(=O)[C@@H]2CC(=O)N(c3cccc(Cl)c3Cl)C2)cc1. The molecule has 4 nitrogen and oxygen atoms in total. The van der Waals surface area contributed by atoms with Crippen LogP contribution in [0.25, 0.3) is 0 Å². The van der Waals surface area contributed by atoms with Gasteiger partial charge in [-0.25, -0.2) is 0 Å². The molecule has 0 unspecified atom stereocenters. The van der Waals surface area contributed by atoms with E-state index < -0.39 is 11.9 Å². The molecule has 1 aliphatic rings. The van der Waals surface area contributed by atoms with Crippen LogP contribution in [0.4, 0.5) is 5.69 Å². The maximum atomic E-state index is 12.7. The Balaban J connectivity index is 1.44. The lowest BCUT2D eigenvalue weighted by Gasteiger charge is -2.26. The van der Waals surface area contributed by atoms with Gasteiger partial charge in [0, 0.05) is 18.4 Å². The molecule has 0 aliphatic carbocycles. The van der Waals surface area contributed by atoms with Gasteiger partial charge in [0.1, 0.15) is 5.75 Å². The van der Waals surface area contributed by atoms with Crippen molar-refractivity contribution in [3.63, 3.8) is 0 Å². The highest BCUT2D eigenvalue weighted by Gasteiger charge is 2.37. The summed E-state index contributed by atoms with van der Waals surface area (Å²) in [6.45, 7) is 4.52. The van der Waals surface area contributed by atoms with Crippen LogP contribution in [0.3, 0.4) is 0 Å². The van der Waals surface area contributed by atoms with Crippen molar-refractivity contribution in [1.82, 2.24) is 0 Å². The quantitative estimate of drug-likeness (QED) is 0.327. The summed E-state index contributed by atoms with van der Waals surface area (Å²) in [4.78, 5) is 26.7. The molecule has 4 rings (SSSR count). The normalized spacial score (nSPS) is 16.3. The number of nitrogens with zero attached hydrogens (tertiary/aromatic N) is 1. The third kappa shape index (κ3) is 4.38. The van der Waals surface area contributed by atoms with Gasteiger partial charge in [-0.2, -0.15) is 0 Å². The van der Waals surface area contributed by atoms with Crippen LogP contribution in [0.5, 0.6) is 5.75 Å². The number of ether oxygens (including phenoxy) is 1. The van der Waals surface area contributed by atoms with E-state index in [1.165, 1.54) is 10.5 Å². The first-order chi connectivity index (χ1) is 15.3. The summed E-state index contributed by atoms with van der Waals surface area (Å²) in [6.07, 6.45) is 0.0702. The fraction of sp³-hybridized carbons (Fsp3) is 0.231. The molecule has 1 atom stereocenters. The highest BCUT2D eigenvalue weighted by molar-refractivity contribution is 6.44. The smallest absolute Gasteiger partial charge is 0.316 e. The molecular formula is C26H23Cl2NO3. The monoisotopic (exact) mass is 467 g/mol. The molecule has 0 bridgehead atoms. The van der Waals surface area contributed by atoms with Gasteiger partial charge in [0.05, 0.1) is 21.7 Å². The molecule has 0 radical (unpaired) electrons. The molecule has 6 heteroatoms. The Morgan fingerprint density at radius 3 is 2.28 bits per heavy atom. The number of rotatable bonds is 5. The Labute approximate surface area is 197 Å². The number of halogens is 2. The molecule has 0 aromatic heterocycles. The van der Waals surface area contributed by atoms with Crippen molar-refractivity contribution in [1.29, 1.82) is 0 Å². The summed E-state index contributed by atoms with van der Waals surface area (Å²) < 4.78 is 5.58. The largest absolute Gasteiger partial charge is 0.426 e. The number of benzene rings is 3. The molecule has 0 N–H and O–H groups in total. The molecular weight excluding hydrogens is 445 g/mol. The number of hydrogen-bond acceptors (Lipinski definition) is 3. The predicted molar refractivity (Wildman–Crippen MR) is 128 cm³/mol. The van der Waals surface area contributed by atoms with E-state index in [9.17, 15) is 9.59 Å². The summed E-state index contributed by atoms with van der Waals surface area (Å²) >= 11 is 12.3.